The molecule has 0 radical (unpaired) electrons. The van der Waals surface area contributed by atoms with E-state index < -0.39 is 0 Å². The molecule has 0 unspecified atom stereocenters. The number of nitrogens with zero attached hydrogens (tertiary/aromatic N) is 2. The van der Waals surface area contributed by atoms with Crippen LogP contribution < -0.4 is 5.32 Å². The van der Waals surface area contributed by atoms with Crippen molar-refractivity contribution in [2.75, 3.05) is 6.54 Å². The zero-order valence-corrected chi connectivity index (χ0v) is 8.96. The molecule has 0 aliphatic heterocycles. The van der Waals surface area contributed by atoms with E-state index in [4.69, 9.17) is 0 Å². The summed E-state index contributed by atoms with van der Waals surface area (Å²) in [5, 5.41) is 3.18. The van der Waals surface area contributed by atoms with E-state index in [9.17, 15) is 0 Å². The molecule has 0 aliphatic carbocycles. The maximum Gasteiger partial charge on any atom is 0.0724 e. The Hall–Kier alpha value is -0.960. The summed E-state index contributed by atoms with van der Waals surface area (Å²) in [6, 6.07) is 0. The summed E-state index contributed by atoms with van der Waals surface area (Å²) in [5.74, 6) is 0. The van der Waals surface area contributed by atoms with Crippen LogP contribution in [0.3, 0.4) is 0 Å². The van der Waals surface area contributed by atoms with Gasteiger partial charge in [0.15, 0.2) is 0 Å². The number of hydrogen-bond acceptors (Lipinski definition) is 3. The first-order valence-electron chi connectivity index (χ1n) is 4.81. The van der Waals surface area contributed by atoms with Crippen LogP contribution in [0, 0.1) is 6.92 Å². The number of nitrogens with one attached hydrogen (secondary N) is 1. The van der Waals surface area contributed by atoms with Gasteiger partial charge in [0.1, 0.15) is 0 Å². The third-order valence-electron chi connectivity index (χ3n) is 1.39. The van der Waals surface area contributed by atoms with Crippen molar-refractivity contribution in [2.45, 2.75) is 34.2 Å². The van der Waals surface area contributed by atoms with Crippen LogP contribution in [0.1, 0.15) is 32.2 Å². The van der Waals surface area contributed by atoms with Crippen LogP contribution in [0.4, 0.5) is 0 Å². The molecule has 0 amide bonds. The van der Waals surface area contributed by atoms with Gasteiger partial charge in [0.05, 0.1) is 11.4 Å². The van der Waals surface area contributed by atoms with E-state index >= 15 is 0 Å². The molecule has 0 bridgehead atoms. The van der Waals surface area contributed by atoms with Crippen LogP contribution >= 0.6 is 0 Å². The van der Waals surface area contributed by atoms with Crippen molar-refractivity contribution in [3.8, 4) is 0 Å². The van der Waals surface area contributed by atoms with Gasteiger partial charge in [-0.25, -0.2) is 0 Å². The number of hydrogen-bond donors (Lipinski definition) is 1. The summed E-state index contributed by atoms with van der Waals surface area (Å²) in [7, 11) is 0. The zero-order valence-electron chi connectivity index (χ0n) is 8.96. The first-order chi connectivity index (χ1) is 6.33. The summed E-state index contributed by atoms with van der Waals surface area (Å²) in [6.45, 7) is 9.78. The second kappa shape index (κ2) is 7.68. The zero-order chi connectivity index (χ0) is 10.1. The van der Waals surface area contributed by atoms with E-state index in [1.54, 1.807) is 12.4 Å². The van der Waals surface area contributed by atoms with Gasteiger partial charge in [0, 0.05) is 18.9 Å². The lowest BCUT2D eigenvalue weighted by Gasteiger charge is -1.99. The maximum absolute atomic E-state index is 4.19. The molecule has 0 saturated carbocycles. The average molecular weight is 181 g/mol. The van der Waals surface area contributed by atoms with Crippen molar-refractivity contribution in [3.05, 3.63) is 23.8 Å². The lowest BCUT2D eigenvalue weighted by atomic mass is 10.4. The first-order valence-corrected chi connectivity index (χ1v) is 4.81. The Labute approximate surface area is 80.6 Å². The molecule has 13 heavy (non-hydrogen) atoms. The third-order valence-corrected chi connectivity index (χ3v) is 1.39. The lowest BCUT2D eigenvalue weighted by Crippen LogP contribution is -2.13. The minimum absolute atomic E-state index is 0.809. The minimum atomic E-state index is 0.809. The van der Waals surface area contributed by atoms with Crippen LogP contribution in [0.2, 0.25) is 0 Å². The van der Waals surface area contributed by atoms with E-state index in [0.29, 0.717) is 0 Å². The highest BCUT2D eigenvalue weighted by atomic mass is 14.9. The summed E-state index contributed by atoms with van der Waals surface area (Å²) in [4.78, 5) is 8.32. The molecule has 0 aliphatic rings. The van der Waals surface area contributed by atoms with E-state index in [0.717, 1.165) is 24.5 Å². The van der Waals surface area contributed by atoms with Crippen molar-refractivity contribution in [1.82, 2.24) is 15.3 Å². The van der Waals surface area contributed by atoms with Crippen molar-refractivity contribution in [1.29, 1.82) is 0 Å². The quantitative estimate of drug-likeness (QED) is 0.774. The Morgan fingerprint density at radius 3 is 2.38 bits per heavy atom. The normalized spacial score (nSPS) is 8.92. The molecule has 0 spiro atoms. The van der Waals surface area contributed by atoms with Gasteiger partial charge in [-0.3, -0.25) is 9.97 Å². The van der Waals surface area contributed by atoms with Crippen LogP contribution in [-0.2, 0) is 6.54 Å². The summed E-state index contributed by atoms with van der Waals surface area (Å²) in [5.41, 5.74) is 1.96. The first kappa shape index (κ1) is 12.0. The second-order valence-electron chi connectivity index (χ2n) is 2.43. The second-order valence-corrected chi connectivity index (χ2v) is 2.43. The predicted molar refractivity (Wildman–Crippen MR) is 55.5 cm³/mol. The molecule has 0 aromatic carbocycles. The molecule has 3 heteroatoms. The monoisotopic (exact) mass is 181 g/mol. The van der Waals surface area contributed by atoms with E-state index in [2.05, 4.69) is 22.2 Å². The fourth-order valence-corrected chi connectivity index (χ4v) is 0.764. The van der Waals surface area contributed by atoms with Gasteiger partial charge in [0.25, 0.3) is 0 Å². The van der Waals surface area contributed by atoms with Gasteiger partial charge in [0.2, 0.25) is 0 Å². The molecule has 1 aromatic rings. The molecule has 0 atom stereocenters. The molecule has 0 fully saturated rings. The molecule has 0 saturated heterocycles. The highest BCUT2D eigenvalue weighted by molar-refractivity contribution is 4.99. The van der Waals surface area contributed by atoms with Crippen LogP contribution in [0.25, 0.3) is 0 Å². The Morgan fingerprint density at radius 2 is 1.92 bits per heavy atom. The Morgan fingerprint density at radius 1 is 1.23 bits per heavy atom. The number of aromatic nitrogens is 2. The molecule has 1 heterocycles. The Bertz CT molecular complexity index is 206. The van der Waals surface area contributed by atoms with Gasteiger partial charge in [-0.05, 0) is 13.5 Å². The lowest BCUT2D eigenvalue weighted by molar-refractivity contribution is 0.706. The van der Waals surface area contributed by atoms with E-state index in [1.165, 1.54) is 0 Å². The summed E-state index contributed by atoms with van der Waals surface area (Å²) >= 11 is 0. The average Bonchev–Trinajstić information content (AvgIpc) is 2.20. The SMILES string of the molecule is CC.CCNCc1cnc(C)cn1. The van der Waals surface area contributed by atoms with Crippen molar-refractivity contribution >= 4 is 0 Å². The fourth-order valence-electron chi connectivity index (χ4n) is 0.764. The summed E-state index contributed by atoms with van der Waals surface area (Å²) in [6.07, 6.45) is 3.59. The standard InChI is InChI=1S/C8H13N3.C2H6/c1-3-9-5-8-6-10-7(2)4-11-8;1-2/h4,6,9H,3,5H2,1-2H3;1-2H3. The highest BCUT2D eigenvalue weighted by Gasteiger charge is 1.91. The smallest absolute Gasteiger partial charge is 0.0724 e. The molecule has 1 rings (SSSR count). The van der Waals surface area contributed by atoms with Gasteiger partial charge in [-0.1, -0.05) is 20.8 Å². The van der Waals surface area contributed by atoms with Gasteiger partial charge in [-0.2, -0.15) is 0 Å². The largest absolute Gasteiger partial charge is 0.311 e. The number of aryl methyl sites for hydroxylation is 1. The highest BCUT2D eigenvalue weighted by Crippen LogP contribution is 1.92. The third kappa shape index (κ3) is 5.31. The molecule has 3 nitrogen and oxygen atoms in total. The Balaban J connectivity index is 0.000000671. The topological polar surface area (TPSA) is 37.8 Å². The van der Waals surface area contributed by atoms with Gasteiger partial charge < -0.3 is 5.32 Å². The number of rotatable bonds is 3. The summed E-state index contributed by atoms with van der Waals surface area (Å²) < 4.78 is 0. The van der Waals surface area contributed by atoms with E-state index in [1.807, 2.05) is 20.8 Å². The molecule has 1 N–H and O–H groups in total. The van der Waals surface area contributed by atoms with E-state index in [-0.39, 0.29) is 0 Å². The van der Waals surface area contributed by atoms with Crippen molar-refractivity contribution in [2.24, 2.45) is 0 Å². The van der Waals surface area contributed by atoms with Crippen molar-refractivity contribution in [3.63, 3.8) is 0 Å². The minimum Gasteiger partial charge on any atom is -0.311 e. The molecular formula is C10H19N3. The van der Waals surface area contributed by atoms with Gasteiger partial charge >= 0.3 is 0 Å². The predicted octanol–water partition coefficient (Wildman–Crippen LogP) is 1.92. The maximum atomic E-state index is 4.19. The molecular weight excluding hydrogens is 162 g/mol. The van der Waals surface area contributed by atoms with Crippen molar-refractivity contribution < 1.29 is 0 Å². The van der Waals surface area contributed by atoms with Crippen LogP contribution in [0.5, 0.6) is 0 Å². The Kier molecular flexibility index (Phi) is 7.11. The fraction of sp³-hybridized carbons (Fsp3) is 0.600. The molecule has 74 valence electrons. The molecule has 1 aromatic heterocycles. The van der Waals surface area contributed by atoms with Crippen LogP contribution in [-0.4, -0.2) is 16.5 Å². The van der Waals surface area contributed by atoms with Crippen LogP contribution in [0.15, 0.2) is 12.4 Å². The van der Waals surface area contributed by atoms with Gasteiger partial charge in [-0.15, -0.1) is 0 Å².